The van der Waals surface area contributed by atoms with Gasteiger partial charge >= 0.3 is 0 Å². The van der Waals surface area contributed by atoms with Crippen LogP contribution in [0.3, 0.4) is 0 Å². The normalized spacial score (nSPS) is 15.4. The fourth-order valence-electron chi connectivity index (χ4n) is 5.40. The monoisotopic (exact) mass is 537 g/mol. The van der Waals surface area contributed by atoms with Crippen molar-refractivity contribution in [1.29, 1.82) is 0 Å². The summed E-state index contributed by atoms with van der Waals surface area (Å²) >= 11 is 0. The van der Waals surface area contributed by atoms with Gasteiger partial charge in [-0.2, -0.15) is 0 Å². The Morgan fingerprint density at radius 1 is 1.02 bits per heavy atom. The van der Waals surface area contributed by atoms with E-state index >= 15 is 0 Å². The summed E-state index contributed by atoms with van der Waals surface area (Å²) in [5, 5.41) is 0. The third kappa shape index (κ3) is 9.95. The molecule has 1 atom stereocenters. The van der Waals surface area contributed by atoms with Crippen molar-refractivity contribution in [3.63, 3.8) is 0 Å². The summed E-state index contributed by atoms with van der Waals surface area (Å²) in [6.45, 7) is 13.5. The molecule has 0 bridgehead atoms. The van der Waals surface area contributed by atoms with Crippen LogP contribution in [0.5, 0.6) is 5.75 Å². The van der Waals surface area contributed by atoms with E-state index in [0.717, 1.165) is 50.2 Å². The fourth-order valence-corrected chi connectivity index (χ4v) is 5.40. The molecule has 1 fully saturated rings. The SMILES string of the molecule is C=C/C=C\c1c(C)cccc1OCCCN1CCCC(C(C)=O)C1.CCCC(c1ccccc1)c1ccccc1. The van der Waals surface area contributed by atoms with Crippen molar-refractivity contribution in [1.82, 2.24) is 4.90 Å². The Bertz CT molecular complexity index is 1150. The summed E-state index contributed by atoms with van der Waals surface area (Å²) in [5.74, 6) is 2.03. The first kappa shape index (κ1) is 31.1. The van der Waals surface area contributed by atoms with Crippen LogP contribution in [0.4, 0.5) is 0 Å². The first-order valence-corrected chi connectivity index (χ1v) is 14.9. The Kier molecular flexibility index (Phi) is 13.5. The summed E-state index contributed by atoms with van der Waals surface area (Å²) in [4.78, 5) is 13.9. The maximum absolute atomic E-state index is 11.6. The lowest BCUT2D eigenvalue weighted by atomic mass is 9.88. The lowest BCUT2D eigenvalue weighted by Gasteiger charge is -2.31. The van der Waals surface area contributed by atoms with Crippen LogP contribution < -0.4 is 4.74 Å². The number of rotatable bonds is 12. The number of hydrogen-bond acceptors (Lipinski definition) is 3. The van der Waals surface area contributed by atoms with Gasteiger partial charge in [0.25, 0.3) is 0 Å². The number of ketones is 1. The molecule has 4 rings (SSSR count). The Morgan fingerprint density at radius 2 is 1.70 bits per heavy atom. The molecule has 0 amide bonds. The molecule has 1 heterocycles. The molecule has 0 spiro atoms. The molecule has 0 aromatic heterocycles. The minimum atomic E-state index is 0.229. The number of ether oxygens (including phenoxy) is 1. The minimum Gasteiger partial charge on any atom is -0.493 e. The van der Waals surface area contributed by atoms with Crippen molar-refractivity contribution < 1.29 is 9.53 Å². The summed E-state index contributed by atoms with van der Waals surface area (Å²) in [6.07, 6.45) is 11.3. The van der Waals surface area contributed by atoms with Gasteiger partial charge in [0, 0.05) is 30.5 Å². The number of allylic oxidation sites excluding steroid dienone is 2. The Morgan fingerprint density at radius 3 is 2.30 bits per heavy atom. The average Bonchev–Trinajstić information content (AvgIpc) is 2.99. The molecule has 1 aliphatic heterocycles. The molecule has 40 heavy (non-hydrogen) atoms. The van der Waals surface area contributed by atoms with Gasteiger partial charge < -0.3 is 9.64 Å². The van der Waals surface area contributed by atoms with Crippen LogP contribution in [-0.2, 0) is 4.79 Å². The van der Waals surface area contributed by atoms with Gasteiger partial charge in [0.15, 0.2) is 0 Å². The molecule has 0 N–H and O–H groups in total. The van der Waals surface area contributed by atoms with Gasteiger partial charge in [-0.3, -0.25) is 4.79 Å². The number of nitrogens with zero attached hydrogens (tertiary/aromatic N) is 1. The van der Waals surface area contributed by atoms with Crippen molar-refractivity contribution in [2.24, 2.45) is 5.92 Å². The first-order chi connectivity index (χ1) is 19.5. The van der Waals surface area contributed by atoms with E-state index in [-0.39, 0.29) is 5.92 Å². The second kappa shape index (κ2) is 17.3. The van der Waals surface area contributed by atoms with Crippen LogP contribution in [0, 0.1) is 12.8 Å². The van der Waals surface area contributed by atoms with Crippen molar-refractivity contribution >= 4 is 11.9 Å². The largest absolute Gasteiger partial charge is 0.493 e. The van der Waals surface area contributed by atoms with E-state index in [0.29, 0.717) is 18.3 Å². The van der Waals surface area contributed by atoms with Gasteiger partial charge in [-0.25, -0.2) is 0 Å². The number of carbonyl (C=O) groups is 1. The zero-order chi connectivity index (χ0) is 28.6. The molecule has 0 aliphatic carbocycles. The quantitative estimate of drug-likeness (QED) is 0.171. The number of likely N-dealkylation sites (tertiary alicyclic amines) is 1. The van der Waals surface area contributed by atoms with E-state index in [1.165, 1.54) is 29.5 Å². The van der Waals surface area contributed by atoms with Gasteiger partial charge in [0.05, 0.1) is 6.61 Å². The van der Waals surface area contributed by atoms with Crippen molar-refractivity contribution in [2.75, 3.05) is 26.2 Å². The second-order valence-electron chi connectivity index (χ2n) is 10.7. The summed E-state index contributed by atoms with van der Waals surface area (Å²) < 4.78 is 6.00. The molecule has 0 radical (unpaired) electrons. The van der Waals surface area contributed by atoms with Crippen molar-refractivity contribution in [2.45, 2.75) is 58.8 Å². The maximum atomic E-state index is 11.6. The van der Waals surface area contributed by atoms with Gasteiger partial charge in [-0.15, -0.1) is 0 Å². The standard InChI is InChI=1S/C21H29NO2.C16H18/c1-4-5-11-20-17(2)9-6-12-21(20)24-15-8-14-22-13-7-10-19(16-22)18(3)23;1-2-9-16(14-10-5-3-6-11-14)15-12-7-4-8-13-15/h4-6,9,11-12,19H,1,7-8,10,13-16H2,2-3H3;3-8,10-13,16H,2,9H2,1H3/b11-5-;. The lowest BCUT2D eigenvalue weighted by molar-refractivity contribution is -0.122. The lowest BCUT2D eigenvalue weighted by Crippen LogP contribution is -2.38. The van der Waals surface area contributed by atoms with Crippen LogP contribution in [0.2, 0.25) is 0 Å². The van der Waals surface area contributed by atoms with Crippen molar-refractivity contribution in [3.05, 3.63) is 120 Å². The number of piperidine rings is 1. The number of Topliss-reactive ketones (excluding diaryl/α,β-unsaturated/α-hetero) is 1. The van der Waals surface area contributed by atoms with Gasteiger partial charge in [0.1, 0.15) is 11.5 Å². The molecule has 3 nitrogen and oxygen atoms in total. The highest BCUT2D eigenvalue weighted by Crippen LogP contribution is 2.28. The van der Waals surface area contributed by atoms with E-state index in [2.05, 4.69) is 92.1 Å². The topological polar surface area (TPSA) is 29.5 Å². The molecular formula is C37H47NO2. The fraction of sp³-hybridized carbons (Fsp3) is 0.378. The molecule has 3 aromatic carbocycles. The molecule has 212 valence electrons. The van der Waals surface area contributed by atoms with E-state index < -0.39 is 0 Å². The number of benzene rings is 3. The van der Waals surface area contributed by atoms with E-state index in [1.54, 1.807) is 13.0 Å². The highest BCUT2D eigenvalue weighted by molar-refractivity contribution is 5.78. The van der Waals surface area contributed by atoms with Gasteiger partial charge in [0.2, 0.25) is 0 Å². The number of aryl methyl sites for hydroxylation is 1. The predicted octanol–water partition coefficient (Wildman–Crippen LogP) is 8.88. The van der Waals surface area contributed by atoms with Crippen LogP contribution in [0.1, 0.15) is 74.1 Å². The minimum absolute atomic E-state index is 0.229. The zero-order valence-corrected chi connectivity index (χ0v) is 24.7. The van der Waals surface area contributed by atoms with Crippen LogP contribution in [0.25, 0.3) is 6.08 Å². The number of carbonyl (C=O) groups excluding carboxylic acids is 1. The third-order valence-electron chi connectivity index (χ3n) is 7.62. The third-order valence-corrected chi connectivity index (χ3v) is 7.62. The van der Waals surface area contributed by atoms with E-state index in [1.807, 2.05) is 24.3 Å². The second-order valence-corrected chi connectivity index (χ2v) is 10.7. The molecule has 1 aliphatic rings. The molecule has 1 unspecified atom stereocenters. The Labute approximate surface area is 242 Å². The van der Waals surface area contributed by atoms with Crippen molar-refractivity contribution in [3.8, 4) is 5.75 Å². The molecule has 3 heteroatoms. The van der Waals surface area contributed by atoms with Crippen LogP contribution in [0.15, 0.2) is 97.6 Å². The zero-order valence-electron chi connectivity index (χ0n) is 24.7. The Hall–Kier alpha value is -3.43. The van der Waals surface area contributed by atoms with Gasteiger partial charge in [-0.05, 0) is 68.8 Å². The van der Waals surface area contributed by atoms with Crippen LogP contribution >= 0.6 is 0 Å². The van der Waals surface area contributed by atoms with E-state index in [9.17, 15) is 4.79 Å². The molecular weight excluding hydrogens is 490 g/mol. The maximum Gasteiger partial charge on any atom is 0.134 e. The summed E-state index contributed by atoms with van der Waals surface area (Å²) in [6, 6.07) is 27.7. The smallest absolute Gasteiger partial charge is 0.134 e. The molecule has 0 saturated carbocycles. The Balaban J connectivity index is 0.000000238. The predicted molar refractivity (Wildman–Crippen MR) is 170 cm³/mol. The van der Waals surface area contributed by atoms with Gasteiger partial charge in [-0.1, -0.05) is 111 Å². The van der Waals surface area contributed by atoms with E-state index in [4.69, 9.17) is 4.74 Å². The molecule has 1 saturated heterocycles. The highest BCUT2D eigenvalue weighted by atomic mass is 16.5. The average molecular weight is 538 g/mol. The summed E-state index contributed by atoms with van der Waals surface area (Å²) in [7, 11) is 0. The number of hydrogen-bond donors (Lipinski definition) is 0. The summed E-state index contributed by atoms with van der Waals surface area (Å²) in [5.41, 5.74) is 5.17. The molecule has 3 aromatic rings. The highest BCUT2D eigenvalue weighted by Gasteiger charge is 2.22. The first-order valence-electron chi connectivity index (χ1n) is 14.9. The van der Waals surface area contributed by atoms with Crippen LogP contribution in [-0.4, -0.2) is 36.9 Å².